The fourth-order valence-corrected chi connectivity index (χ4v) is 15.4. The van der Waals surface area contributed by atoms with Crippen molar-refractivity contribution in [3.8, 4) is 11.1 Å². The number of anilines is 4. The number of carboxylic acid groups (broad SMARTS) is 1. The van der Waals surface area contributed by atoms with Crippen LogP contribution in [-0.2, 0) is 22.5 Å². The number of ketones is 1. The van der Waals surface area contributed by atoms with Gasteiger partial charge in [0.25, 0.3) is 0 Å². The third kappa shape index (κ3) is 12.1. The molecule has 13 nitrogen and oxygen atoms in total. The van der Waals surface area contributed by atoms with Crippen LogP contribution in [0.25, 0.3) is 21.3 Å². The summed E-state index contributed by atoms with van der Waals surface area (Å²) >= 11 is 1.58. The highest BCUT2D eigenvalue weighted by Crippen LogP contribution is 2.72. The Balaban J connectivity index is 0.782. The van der Waals surface area contributed by atoms with Crippen molar-refractivity contribution in [2.75, 3.05) is 43.5 Å². The predicted molar refractivity (Wildman–Crippen MR) is 290 cm³/mol. The number of fused-ring (bicyclic) bond motifs is 2. The monoisotopic (exact) mass is 1000 g/mol. The van der Waals surface area contributed by atoms with E-state index in [1.54, 1.807) is 18.3 Å². The first-order valence-electron chi connectivity index (χ1n) is 27.5. The number of Topliss-reactive ketones (excluding diaryl/α,β-unsaturated/α-hetero) is 1. The molecule has 2 unspecified atom stereocenters. The molecule has 5 aromatic rings. The second-order valence-corrected chi connectivity index (χ2v) is 24.6. The van der Waals surface area contributed by atoms with E-state index in [1.165, 1.54) is 83.5 Å². The number of rotatable bonds is 27. The van der Waals surface area contributed by atoms with Gasteiger partial charge in [-0.3, -0.25) is 4.68 Å². The first-order chi connectivity index (χ1) is 34.6. The molecule has 0 spiro atoms. The standard InChI is InChI=1S/C58H81N9O4S/c1-41(68)23-18-16-14-12-10-8-7-9-11-13-15-17-21-29-65(6)31-32-71-58-37-55(4)34-56(5,38-58)36-57(35-55,39-58)40-67-43(3)46(33-59-67)45-27-28-49(61-50(45)53(69)70)66-30-22-24-44-42(2)51(63-64-52(44)66)62-54-60-47-25-19-20-26-48(47)72-54/h19-20,25-28,33H,7-18,21-24,29-32,34-40H2,1-6H3,(H,69,70)(H,60,62,63)/t55-,56+,57?,58?. The van der Waals surface area contributed by atoms with Gasteiger partial charge in [0.2, 0.25) is 0 Å². The van der Waals surface area contributed by atoms with Crippen molar-refractivity contribution in [1.29, 1.82) is 0 Å². The normalized spacial score (nSPS) is 23.3. The van der Waals surface area contributed by atoms with Crippen molar-refractivity contribution in [1.82, 2.24) is 34.8 Å². The average Bonchev–Trinajstić information content (AvgIpc) is 3.90. The van der Waals surface area contributed by atoms with Crippen LogP contribution in [0.3, 0.4) is 0 Å². The Morgan fingerprint density at radius 2 is 1.49 bits per heavy atom. The zero-order chi connectivity index (χ0) is 50.5. The van der Waals surface area contributed by atoms with Gasteiger partial charge in [-0.15, -0.1) is 10.2 Å². The number of aromatic carboxylic acids is 1. The first-order valence-corrected chi connectivity index (χ1v) is 28.3. The molecule has 4 aromatic heterocycles. The molecular weight excluding hydrogens is 919 g/mol. The van der Waals surface area contributed by atoms with Crippen LogP contribution in [0.5, 0.6) is 0 Å². The van der Waals surface area contributed by atoms with E-state index < -0.39 is 5.97 Å². The summed E-state index contributed by atoms with van der Waals surface area (Å²) in [6.07, 6.45) is 28.1. The maximum atomic E-state index is 13.1. The molecule has 14 heteroatoms. The van der Waals surface area contributed by atoms with Crippen molar-refractivity contribution >= 4 is 55.9 Å². The highest BCUT2D eigenvalue weighted by Gasteiger charge is 2.66. The summed E-state index contributed by atoms with van der Waals surface area (Å²) in [5.74, 6) is 1.18. The molecule has 10 rings (SSSR count). The van der Waals surface area contributed by atoms with Crippen LogP contribution in [0.1, 0.15) is 183 Å². The smallest absolute Gasteiger partial charge is 0.355 e. The van der Waals surface area contributed by atoms with Crippen molar-refractivity contribution in [3.05, 3.63) is 65.1 Å². The fraction of sp³-hybridized carbons (Fsp3) is 0.638. The summed E-state index contributed by atoms with van der Waals surface area (Å²) in [6.45, 7) is 15.1. The Labute approximate surface area is 432 Å². The zero-order valence-electron chi connectivity index (χ0n) is 44.3. The lowest BCUT2D eigenvalue weighted by atomic mass is 9.39. The second-order valence-electron chi connectivity index (χ2n) is 23.6. The fourth-order valence-electron chi connectivity index (χ4n) is 14.5. The van der Waals surface area contributed by atoms with Gasteiger partial charge in [-0.1, -0.05) is 108 Å². The zero-order valence-corrected chi connectivity index (χ0v) is 45.1. The highest BCUT2D eigenvalue weighted by atomic mass is 32.1. The molecule has 72 heavy (non-hydrogen) atoms. The maximum absolute atomic E-state index is 13.1. The van der Waals surface area contributed by atoms with Gasteiger partial charge in [0.15, 0.2) is 22.5 Å². The van der Waals surface area contributed by atoms with Crippen LogP contribution in [0, 0.1) is 30.1 Å². The number of unbranched alkanes of at least 4 members (excludes halogenated alkanes) is 12. The minimum absolute atomic E-state index is 0.0104. The largest absolute Gasteiger partial charge is 0.476 e. The van der Waals surface area contributed by atoms with Crippen molar-refractivity contribution in [3.63, 3.8) is 0 Å². The van der Waals surface area contributed by atoms with E-state index in [0.29, 0.717) is 35.3 Å². The van der Waals surface area contributed by atoms with Gasteiger partial charge in [-0.2, -0.15) is 5.10 Å². The number of nitrogens with zero attached hydrogens (tertiary/aromatic N) is 8. The molecule has 4 bridgehead atoms. The van der Waals surface area contributed by atoms with Gasteiger partial charge >= 0.3 is 5.97 Å². The Hall–Kier alpha value is -4.79. The lowest BCUT2D eigenvalue weighted by Gasteiger charge is -2.69. The molecule has 4 atom stereocenters. The van der Waals surface area contributed by atoms with E-state index in [0.717, 1.165) is 122 Å². The number of carbonyl (C=O) groups is 2. The summed E-state index contributed by atoms with van der Waals surface area (Å²) in [5.41, 5.74) is 5.74. The van der Waals surface area contributed by atoms with E-state index in [9.17, 15) is 14.7 Å². The molecule has 388 valence electrons. The summed E-state index contributed by atoms with van der Waals surface area (Å²) in [7, 11) is 2.26. The number of aromatic nitrogens is 6. The number of nitrogens with one attached hydrogen (secondary N) is 1. The van der Waals surface area contributed by atoms with Gasteiger partial charge in [-0.05, 0) is 139 Å². The number of pyridine rings is 1. The Morgan fingerprint density at radius 3 is 2.17 bits per heavy atom. The molecule has 4 saturated carbocycles. The number of hydrogen-bond acceptors (Lipinski definition) is 12. The predicted octanol–water partition coefficient (Wildman–Crippen LogP) is 13.6. The number of ether oxygens (including phenoxy) is 1. The molecule has 4 aliphatic carbocycles. The number of carbonyl (C=O) groups excluding carboxylic acids is 1. The molecule has 1 aromatic carbocycles. The van der Waals surface area contributed by atoms with E-state index in [1.807, 2.05) is 41.4 Å². The molecule has 1 aliphatic heterocycles. The minimum Gasteiger partial charge on any atom is -0.476 e. The number of benzene rings is 1. The lowest BCUT2D eigenvalue weighted by molar-refractivity contribution is -0.248. The van der Waals surface area contributed by atoms with Crippen LogP contribution in [0.4, 0.5) is 22.6 Å². The van der Waals surface area contributed by atoms with Crippen LogP contribution in [0.15, 0.2) is 42.6 Å². The van der Waals surface area contributed by atoms with Crippen LogP contribution < -0.4 is 10.2 Å². The number of likely N-dealkylation sites (N-methyl/N-ethyl adjacent to an activating group) is 1. The van der Waals surface area contributed by atoms with Gasteiger partial charge in [0.05, 0.1) is 28.6 Å². The summed E-state index contributed by atoms with van der Waals surface area (Å²) in [5, 5.41) is 29.2. The van der Waals surface area contributed by atoms with E-state index in [-0.39, 0.29) is 27.5 Å². The molecule has 5 aliphatic rings. The van der Waals surface area contributed by atoms with Crippen molar-refractivity contribution in [2.45, 2.75) is 188 Å². The van der Waals surface area contributed by atoms with Crippen molar-refractivity contribution < 1.29 is 19.4 Å². The van der Waals surface area contributed by atoms with Crippen LogP contribution >= 0.6 is 11.3 Å². The average molecular weight is 1000 g/mol. The van der Waals surface area contributed by atoms with Gasteiger partial charge < -0.3 is 29.8 Å². The minimum atomic E-state index is -1.07. The molecule has 0 amide bonds. The van der Waals surface area contributed by atoms with Crippen LogP contribution in [0.2, 0.25) is 0 Å². The number of para-hydroxylation sites is 1. The Morgan fingerprint density at radius 1 is 0.806 bits per heavy atom. The van der Waals surface area contributed by atoms with Gasteiger partial charge in [-0.25, -0.2) is 14.8 Å². The Bertz CT molecular complexity index is 2650. The summed E-state index contributed by atoms with van der Waals surface area (Å²) in [6, 6.07) is 11.9. The number of carboxylic acids is 1. The lowest BCUT2D eigenvalue weighted by Crippen LogP contribution is -2.64. The van der Waals surface area contributed by atoms with Gasteiger partial charge in [0.1, 0.15) is 11.6 Å². The maximum Gasteiger partial charge on any atom is 0.355 e. The van der Waals surface area contributed by atoms with Gasteiger partial charge in [0, 0.05) is 54.0 Å². The van der Waals surface area contributed by atoms with Crippen molar-refractivity contribution in [2.24, 2.45) is 16.2 Å². The molecule has 4 fully saturated rings. The number of thiazole rings is 1. The number of hydrogen-bond donors (Lipinski definition) is 2. The summed E-state index contributed by atoms with van der Waals surface area (Å²) < 4.78 is 10.4. The third-order valence-electron chi connectivity index (χ3n) is 16.7. The molecule has 5 heterocycles. The Kier molecular flexibility index (Phi) is 16.2. The first kappa shape index (κ1) is 52.1. The summed E-state index contributed by atoms with van der Waals surface area (Å²) in [4.78, 5) is 38.2. The SMILES string of the molecule is CC(=O)CCCCCCCCCCCCCCCN(C)CCOC12CC3(Cn4ncc(-c5ccc(N6CCCc7c6nnc(Nc6nc8ccccc8s6)c7C)nc5C(=O)O)c4C)C[C@@](C)(C1)C[C@](C)(C3)C2. The second kappa shape index (κ2) is 22.4. The van der Waals surface area contributed by atoms with E-state index >= 15 is 0 Å². The molecule has 0 radical (unpaired) electrons. The third-order valence-corrected chi connectivity index (χ3v) is 17.7. The quantitative estimate of drug-likeness (QED) is 0.0482. The molecule has 2 N–H and O–H groups in total. The van der Waals surface area contributed by atoms with E-state index in [4.69, 9.17) is 24.9 Å². The van der Waals surface area contributed by atoms with Crippen LogP contribution in [-0.4, -0.2) is 90.6 Å². The topological polar surface area (TPSA) is 151 Å². The molecular formula is C58H81N9O4S. The highest BCUT2D eigenvalue weighted by molar-refractivity contribution is 7.22. The molecule has 0 saturated heterocycles. The van der Waals surface area contributed by atoms with E-state index in [2.05, 4.69) is 60.8 Å².